The molecule has 18 heavy (non-hydrogen) atoms. The van der Waals surface area contributed by atoms with Crippen LogP contribution >= 0.6 is 0 Å². The highest BCUT2D eigenvalue weighted by atomic mass is 16.5. The number of aromatic hydroxyl groups is 1. The van der Waals surface area contributed by atoms with Gasteiger partial charge in [-0.15, -0.1) is 0 Å². The van der Waals surface area contributed by atoms with Crippen LogP contribution in [0, 0.1) is 0 Å². The number of hydrazine groups is 1. The van der Waals surface area contributed by atoms with E-state index < -0.39 is 0 Å². The summed E-state index contributed by atoms with van der Waals surface area (Å²) in [6, 6.07) is 6.53. The number of carbonyl (C=O) groups is 1. The third kappa shape index (κ3) is 6.04. The van der Waals surface area contributed by atoms with Gasteiger partial charge in [-0.2, -0.15) is 0 Å². The molecule has 1 rings (SSSR count). The van der Waals surface area contributed by atoms with E-state index in [1.165, 1.54) is 7.11 Å². The minimum atomic E-state index is -0.292. The molecule has 0 aliphatic carbocycles. The molecule has 0 aliphatic rings. The van der Waals surface area contributed by atoms with Crippen LogP contribution in [0.3, 0.4) is 0 Å². The lowest BCUT2D eigenvalue weighted by molar-refractivity contribution is -0.126. The van der Waals surface area contributed by atoms with Crippen molar-refractivity contribution < 1.29 is 19.4 Å². The molecule has 0 bridgehead atoms. The molecule has 0 atom stereocenters. The van der Waals surface area contributed by atoms with E-state index in [4.69, 9.17) is 9.84 Å². The Morgan fingerprint density at radius 1 is 1.28 bits per heavy atom. The van der Waals surface area contributed by atoms with Crippen molar-refractivity contribution in [2.45, 2.75) is 0 Å². The molecule has 0 aliphatic heterocycles. The van der Waals surface area contributed by atoms with Gasteiger partial charge in [-0.1, -0.05) is 0 Å². The lowest BCUT2D eigenvalue weighted by Crippen LogP contribution is -2.40. The molecule has 1 amide bonds. The first-order valence-electron chi connectivity index (χ1n) is 5.33. The molecule has 7 nitrogen and oxygen atoms in total. The van der Waals surface area contributed by atoms with Gasteiger partial charge >= 0.3 is 0 Å². The molecule has 0 heterocycles. The Bertz CT molecular complexity index is 356. The zero-order valence-electron chi connectivity index (χ0n) is 10.1. The fourth-order valence-corrected chi connectivity index (χ4v) is 1.10. The maximum Gasteiger partial charge on any atom is 0.260 e. The minimum absolute atomic E-state index is 0.0677. The Labute approximate surface area is 105 Å². The van der Waals surface area contributed by atoms with E-state index in [9.17, 15) is 4.79 Å². The van der Waals surface area contributed by atoms with Gasteiger partial charge in [0.2, 0.25) is 0 Å². The highest BCUT2D eigenvalue weighted by Crippen LogP contribution is 2.13. The van der Waals surface area contributed by atoms with Gasteiger partial charge in [0, 0.05) is 12.8 Å². The van der Waals surface area contributed by atoms with E-state index in [2.05, 4.69) is 20.9 Å². The Morgan fingerprint density at radius 2 is 2.00 bits per heavy atom. The number of hydrogen-bond acceptors (Lipinski definition) is 6. The number of rotatable bonds is 8. The summed E-state index contributed by atoms with van der Waals surface area (Å²) in [5, 5.41) is 12.0. The van der Waals surface area contributed by atoms with Crippen molar-refractivity contribution in [1.29, 1.82) is 0 Å². The number of ether oxygens (including phenoxy) is 2. The van der Waals surface area contributed by atoms with Crippen LogP contribution in [-0.2, 0) is 14.3 Å². The Balaban J connectivity index is 2.07. The van der Waals surface area contributed by atoms with E-state index in [0.717, 1.165) is 5.69 Å². The Morgan fingerprint density at radius 3 is 2.67 bits per heavy atom. The largest absolute Gasteiger partial charge is 0.508 e. The number of anilines is 1. The van der Waals surface area contributed by atoms with Crippen molar-refractivity contribution in [2.75, 3.05) is 32.5 Å². The predicted molar refractivity (Wildman–Crippen MR) is 65.7 cm³/mol. The van der Waals surface area contributed by atoms with Crippen LogP contribution in [0.1, 0.15) is 0 Å². The lowest BCUT2D eigenvalue weighted by atomic mass is 10.3. The van der Waals surface area contributed by atoms with Crippen molar-refractivity contribution in [3.05, 3.63) is 24.3 Å². The van der Waals surface area contributed by atoms with Crippen molar-refractivity contribution in [3.8, 4) is 5.75 Å². The zero-order valence-corrected chi connectivity index (χ0v) is 10.1. The third-order valence-corrected chi connectivity index (χ3v) is 1.92. The molecular formula is C11H17N3O4. The first-order valence-corrected chi connectivity index (χ1v) is 5.33. The van der Waals surface area contributed by atoms with Gasteiger partial charge in [0.25, 0.3) is 5.91 Å². The molecule has 7 heteroatoms. The van der Waals surface area contributed by atoms with Crippen LogP contribution in [0.15, 0.2) is 24.3 Å². The molecule has 4 N–H and O–H groups in total. The Hall–Kier alpha value is -1.83. The number of phenolic OH excluding ortho intramolecular Hbond substituents is 1. The molecule has 0 unspecified atom stereocenters. The zero-order chi connectivity index (χ0) is 13.2. The van der Waals surface area contributed by atoms with Gasteiger partial charge in [0.15, 0.2) is 0 Å². The standard InChI is InChI=1S/C11H17N3O4/c1-17-8-13-14-11(16)6-18-7-12-9-2-4-10(15)5-3-9/h2-5,12-13,15H,6-8H2,1H3,(H,14,16). The van der Waals surface area contributed by atoms with E-state index in [-0.39, 0.29) is 31.7 Å². The summed E-state index contributed by atoms with van der Waals surface area (Å²) in [6.07, 6.45) is 0. The third-order valence-electron chi connectivity index (χ3n) is 1.92. The maximum absolute atomic E-state index is 11.2. The maximum atomic E-state index is 11.2. The van der Waals surface area contributed by atoms with Crippen LogP contribution in [0.5, 0.6) is 5.75 Å². The second-order valence-corrected chi connectivity index (χ2v) is 3.37. The van der Waals surface area contributed by atoms with Crippen molar-refractivity contribution >= 4 is 11.6 Å². The summed E-state index contributed by atoms with van der Waals surface area (Å²) in [5.74, 6) is -0.0929. The molecule has 1 aromatic rings. The quantitative estimate of drug-likeness (QED) is 0.226. The molecule has 0 aromatic heterocycles. The average molecular weight is 255 g/mol. The summed E-state index contributed by atoms with van der Waals surface area (Å²) in [5.41, 5.74) is 5.74. The topological polar surface area (TPSA) is 91.9 Å². The summed E-state index contributed by atoms with van der Waals surface area (Å²) in [7, 11) is 1.51. The fourth-order valence-electron chi connectivity index (χ4n) is 1.10. The molecule has 0 saturated carbocycles. The number of phenols is 1. The van der Waals surface area contributed by atoms with Crippen molar-refractivity contribution in [1.82, 2.24) is 10.9 Å². The smallest absolute Gasteiger partial charge is 0.260 e. The van der Waals surface area contributed by atoms with Gasteiger partial charge in [-0.3, -0.25) is 10.2 Å². The number of nitrogens with one attached hydrogen (secondary N) is 3. The van der Waals surface area contributed by atoms with E-state index in [1.807, 2.05) is 0 Å². The van der Waals surface area contributed by atoms with Gasteiger partial charge < -0.3 is 19.9 Å². The fraction of sp³-hybridized carbons (Fsp3) is 0.364. The highest BCUT2D eigenvalue weighted by molar-refractivity contribution is 5.76. The van der Waals surface area contributed by atoms with Gasteiger partial charge in [-0.25, -0.2) is 5.43 Å². The van der Waals surface area contributed by atoms with Gasteiger partial charge in [0.1, 0.15) is 25.8 Å². The molecule has 0 saturated heterocycles. The summed E-state index contributed by atoms with van der Waals surface area (Å²) < 4.78 is 9.78. The van der Waals surface area contributed by atoms with Crippen LogP contribution in [0.4, 0.5) is 5.69 Å². The normalized spacial score (nSPS) is 10.1. The van der Waals surface area contributed by atoms with Crippen molar-refractivity contribution in [3.63, 3.8) is 0 Å². The van der Waals surface area contributed by atoms with Crippen LogP contribution in [0.2, 0.25) is 0 Å². The van der Waals surface area contributed by atoms with Crippen molar-refractivity contribution in [2.24, 2.45) is 0 Å². The lowest BCUT2D eigenvalue weighted by Gasteiger charge is -2.08. The SMILES string of the molecule is COCNNC(=O)COCNc1ccc(O)cc1. The molecule has 0 spiro atoms. The van der Waals surface area contributed by atoms with Gasteiger partial charge in [-0.05, 0) is 24.3 Å². The van der Waals surface area contributed by atoms with Crippen LogP contribution in [-0.4, -0.2) is 38.2 Å². The number of methoxy groups -OCH3 is 1. The first kappa shape index (κ1) is 14.2. The first-order chi connectivity index (χ1) is 8.72. The number of carbonyl (C=O) groups excluding carboxylic acids is 1. The number of hydrogen-bond donors (Lipinski definition) is 4. The molecular weight excluding hydrogens is 238 g/mol. The summed E-state index contributed by atoms with van der Waals surface area (Å²) in [4.78, 5) is 11.2. The van der Waals surface area contributed by atoms with Crippen LogP contribution in [0.25, 0.3) is 0 Å². The molecule has 0 fully saturated rings. The molecule has 0 radical (unpaired) electrons. The minimum Gasteiger partial charge on any atom is -0.508 e. The van der Waals surface area contributed by atoms with E-state index >= 15 is 0 Å². The predicted octanol–water partition coefficient (Wildman–Crippen LogP) is 0.00290. The average Bonchev–Trinajstić information content (AvgIpc) is 2.37. The Kier molecular flexibility index (Phi) is 6.55. The molecule has 1 aromatic carbocycles. The monoisotopic (exact) mass is 255 g/mol. The second-order valence-electron chi connectivity index (χ2n) is 3.37. The van der Waals surface area contributed by atoms with Crippen LogP contribution < -0.4 is 16.2 Å². The molecule has 100 valence electrons. The van der Waals surface area contributed by atoms with Gasteiger partial charge in [0.05, 0.1) is 0 Å². The van der Waals surface area contributed by atoms with E-state index in [1.54, 1.807) is 24.3 Å². The highest BCUT2D eigenvalue weighted by Gasteiger charge is 1.99. The number of benzene rings is 1. The summed E-state index contributed by atoms with van der Waals surface area (Å²) >= 11 is 0. The summed E-state index contributed by atoms with van der Waals surface area (Å²) in [6.45, 7) is 0.363. The number of amides is 1. The second kappa shape index (κ2) is 8.29. The van der Waals surface area contributed by atoms with E-state index in [0.29, 0.717) is 0 Å².